The first kappa shape index (κ1) is 20.1. The average molecular weight is 404 g/mol. The zero-order valence-electron chi connectivity index (χ0n) is 14.8. The second-order valence-corrected chi connectivity index (χ2v) is 9.49. The molecule has 1 saturated heterocycles. The number of amides is 1. The maximum Gasteiger partial charge on any atom is 0.416 e. The number of rotatable bonds is 6. The molecule has 1 saturated carbocycles. The fourth-order valence-corrected chi connectivity index (χ4v) is 5.33. The van der Waals surface area contributed by atoms with E-state index in [1.165, 1.54) is 12.1 Å². The lowest BCUT2D eigenvalue weighted by atomic mass is 9.94. The normalized spacial score (nSPS) is 21.8. The summed E-state index contributed by atoms with van der Waals surface area (Å²) in [7, 11) is -3.18. The predicted molar refractivity (Wildman–Crippen MR) is 95.5 cm³/mol. The molecule has 1 aromatic rings. The Kier molecular flexibility index (Phi) is 5.81. The molecular formula is C18H23F3N2O3S. The molecule has 0 bridgehead atoms. The van der Waals surface area contributed by atoms with E-state index < -0.39 is 21.8 Å². The minimum absolute atomic E-state index is 0.130. The lowest BCUT2D eigenvalue weighted by Gasteiger charge is -2.32. The van der Waals surface area contributed by atoms with Gasteiger partial charge in [-0.05, 0) is 62.3 Å². The Labute approximate surface area is 157 Å². The van der Waals surface area contributed by atoms with E-state index in [2.05, 4.69) is 5.32 Å². The molecule has 2 fully saturated rings. The van der Waals surface area contributed by atoms with Crippen LogP contribution in [0.4, 0.5) is 18.9 Å². The van der Waals surface area contributed by atoms with Gasteiger partial charge in [-0.25, -0.2) is 12.7 Å². The van der Waals surface area contributed by atoms with Crippen molar-refractivity contribution in [2.45, 2.75) is 50.0 Å². The molecule has 1 unspecified atom stereocenters. The molecule has 1 aliphatic carbocycles. The van der Waals surface area contributed by atoms with E-state index in [9.17, 15) is 26.4 Å². The monoisotopic (exact) mass is 404 g/mol. The SMILES string of the molecule is O=C(CCC1CCCN(S(=O)(=O)C2CC2)C1)Nc1ccc(C(F)(F)F)cc1. The van der Waals surface area contributed by atoms with Gasteiger partial charge in [0.1, 0.15) is 0 Å². The van der Waals surface area contributed by atoms with Crippen molar-refractivity contribution in [2.75, 3.05) is 18.4 Å². The van der Waals surface area contributed by atoms with E-state index in [0.717, 1.165) is 37.8 Å². The van der Waals surface area contributed by atoms with Crippen LogP contribution in [0, 0.1) is 5.92 Å². The largest absolute Gasteiger partial charge is 0.416 e. The molecule has 1 amide bonds. The second kappa shape index (κ2) is 7.79. The van der Waals surface area contributed by atoms with E-state index >= 15 is 0 Å². The fourth-order valence-electron chi connectivity index (χ4n) is 3.37. The van der Waals surface area contributed by atoms with Gasteiger partial charge < -0.3 is 5.32 Å². The quantitative estimate of drug-likeness (QED) is 0.787. The smallest absolute Gasteiger partial charge is 0.326 e. The third-order valence-corrected chi connectivity index (χ3v) is 7.43. The van der Waals surface area contributed by atoms with Crippen molar-refractivity contribution >= 4 is 21.6 Å². The standard InChI is InChI=1S/C18H23F3N2O3S/c19-18(20,21)14-4-6-15(7-5-14)22-17(24)10-3-13-2-1-11-23(12-13)27(25,26)16-8-9-16/h4-7,13,16H,1-3,8-12H2,(H,22,24). The van der Waals surface area contributed by atoms with Gasteiger partial charge in [-0.2, -0.15) is 13.2 Å². The Morgan fingerprint density at radius 3 is 2.41 bits per heavy atom. The lowest BCUT2D eigenvalue weighted by molar-refractivity contribution is -0.137. The minimum atomic E-state index is -4.41. The van der Waals surface area contributed by atoms with E-state index in [1.54, 1.807) is 4.31 Å². The van der Waals surface area contributed by atoms with Crippen LogP contribution < -0.4 is 5.32 Å². The topological polar surface area (TPSA) is 66.5 Å². The van der Waals surface area contributed by atoms with Crippen molar-refractivity contribution in [1.29, 1.82) is 0 Å². The van der Waals surface area contributed by atoms with Crippen LogP contribution in [0.5, 0.6) is 0 Å². The Morgan fingerprint density at radius 1 is 1.15 bits per heavy atom. The Balaban J connectivity index is 1.47. The summed E-state index contributed by atoms with van der Waals surface area (Å²) in [4.78, 5) is 12.1. The van der Waals surface area contributed by atoms with Gasteiger partial charge in [0.25, 0.3) is 0 Å². The first-order valence-electron chi connectivity index (χ1n) is 9.12. The Hall–Kier alpha value is -1.61. The van der Waals surface area contributed by atoms with Gasteiger partial charge in [-0.15, -0.1) is 0 Å². The van der Waals surface area contributed by atoms with Crippen LogP contribution in [0.2, 0.25) is 0 Å². The van der Waals surface area contributed by atoms with Crippen LogP contribution >= 0.6 is 0 Å². The van der Waals surface area contributed by atoms with Crippen molar-refractivity contribution in [3.8, 4) is 0 Å². The van der Waals surface area contributed by atoms with Gasteiger partial charge in [-0.1, -0.05) is 0 Å². The molecule has 5 nitrogen and oxygen atoms in total. The highest BCUT2D eigenvalue weighted by molar-refractivity contribution is 7.90. The molecule has 0 spiro atoms. The van der Waals surface area contributed by atoms with Gasteiger partial charge in [0, 0.05) is 25.2 Å². The third-order valence-electron chi connectivity index (χ3n) is 5.06. The van der Waals surface area contributed by atoms with E-state index in [0.29, 0.717) is 25.2 Å². The Bertz CT molecular complexity index is 774. The zero-order valence-corrected chi connectivity index (χ0v) is 15.7. The number of alkyl halides is 3. The molecule has 27 heavy (non-hydrogen) atoms. The molecule has 2 aliphatic rings. The molecule has 0 radical (unpaired) electrons. The highest BCUT2D eigenvalue weighted by Crippen LogP contribution is 2.34. The molecule has 1 aromatic carbocycles. The number of carbonyl (C=O) groups is 1. The minimum Gasteiger partial charge on any atom is -0.326 e. The van der Waals surface area contributed by atoms with Crippen molar-refractivity contribution in [3.63, 3.8) is 0 Å². The van der Waals surface area contributed by atoms with Crippen molar-refractivity contribution in [1.82, 2.24) is 4.31 Å². The summed E-state index contributed by atoms with van der Waals surface area (Å²) in [6.45, 7) is 0.999. The third kappa shape index (κ3) is 5.22. The number of sulfonamides is 1. The predicted octanol–water partition coefficient (Wildman–Crippen LogP) is 3.63. The summed E-state index contributed by atoms with van der Waals surface area (Å²) < 4.78 is 63.9. The summed E-state index contributed by atoms with van der Waals surface area (Å²) in [6.07, 6.45) is -0.498. The number of benzene rings is 1. The highest BCUT2D eigenvalue weighted by Gasteiger charge is 2.41. The number of halogens is 3. The van der Waals surface area contributed by atoms with Crippen LogP contribution in [0.15, 0.2) is 24.3 Å². The summed E-state index contributed by atoms with van der Waals surface area (Å²) in [6, 6.07) is 4.31. The van der Waals surface area contributed by atoms with Crippen molar-refractivity contribution < 1.29 is 26.4 Å². The van der Waals surface area contributed by atoms with Crippen LogP contribution in [0.1, 0.15) is 44.1 Å². The van der Waals surface area contributed by atoms with Crippen LogP contribution in [0.3, 0.4) is 0 Å². The summed E-state index contributed by atoms with van der Waals surface area (Å²) in [5, 5.41) is 2.37. The summed E-state index contributed by atoms with van der Waals surface area (Å²) in [5.41, 5.74) is -0.450. The maximum atomic E-state index is 12.5. The number of carbonyl (C=O) groups excluding carboxylic acids is 1. The van der Waals surface area contributed by atoms with Crippen LogP contribution in [-0.4, -0.2) is 37.0 Å². The fraction of sp³-hybridized carbons (Fsp3) is 0.611. The van der Waals surface area contributed by atoms with Gasteiger partial charge >= 0.3 is 6.18 Å². The molecule has 1 atom stereocenters. The molecule has 1 heterocycles. The molecule has 9 heteroatoms. The number of hydrogen-bond acceptors (Lipinski definition) is 3. The van der Waals surface area contributed by atoms with Crippen LogP contribution in [0.25, 0.3) is 0 Å². The van der Waals surface area contributed by atoms with Gasteiger partial charge in [0.2, 0.25) is 15.9 Å². The average Bonchev–Trinajstić information content (AvgIpc) is 3.46. The van der Waals surface area contributed by atoms with Crippen molar-refractivity contribution in [3.05, 3.63) is 29.8 Å². The number of nitrogens with one attached hydrogen (secondary N) is 1. The first-order chi connectivity index (χ1) is 12.7. The van der Waals surface area contributed by atoms with E-state index in [1.807, 2.05) is 0 Å². The maximum absolute atomic E-state index is 12.5. The molecule has 0 aromatic heterocycles. The van der Waals surface area contributed by atoms with E-state index in [4.69, 9.17) is 0 Å². The number of hydrogen-bond donors (Lipinski definition) is 1. The molecule has 150 valence electrons. The summed E-state index contributed by atoms with van der Waals surface area (Å²) in [5.74, 6) is -0.150. The summed E-state index contributed by atoms with van der Waals surface area (Å²) >= 11 is 0. The number of nitrogens with zero attached hydrogens (tertiary/aromatic N) is 1. The van der Waals surface area contributed by atoms with Gasteiger partial charge in [0.15, 0.2) is 0 Å². The molecular weight excluding hydrogens is 381 g/mol. The lowest BCUT2D eigenvalue weighted by Crippen LogP contribution is -2.41. The van der Waals surface area contributed by atoms with Gasteiger partial charge in [-0.3, -0.25) is 4.79 Å². The Morgan fingerprint density at radius 2 is 1.81 bits per heavy atom. The zero-order chi connectivity index (χ0) is 19.7. The molecule has 3 rings (SSSR count). The molecule has 1 N–H and O–H groups in total. The highest BCUT2D eigenvalue weighted by atomic mass is 32.2. The van der Waals surface area contributed by atoms with Gasteiger partial charge in [0.05, 0.1) is 10.8 Å². The second-order valence-electron chi connectivity index (χ2n) is 7.27. The number of piperidine rings is 1. The molecule has 1 aliphatic heterocycles. The number of anilines is 1. The van der Waals surface area contributed by atoms with E-state index in [-0.39, 0.29) is 23.5 Å². The van der Waals surface area contributed by atoms with Crippen LogP contribution in [-0.2, 0) is 21.0 Å². The first-order valence-corrected chi connectivity index (χ1v) is 10.6. The van der Waals surface area contributed by atoms with Crippen molar-refractivity contribution in [2.24, 2.45) is 5.92 Å².